The second-order valence-electron chi connectivity index (χ2n) is 4.48. The number of anilines is 1. The molecule has 0 aliphatic heterocycles. The van der Waals surface area contributed by atoms with Gasteiger partial charge in [0.05, 0.1) is 6.61 Å². The van der Waals surface area contributed by atoms with E-state index in [9.17, 15) is 24.4 Å². The summed E-state index contributed by atoms with van der Waals surface area (Å²) in [7, 11) is -4.90. The number of aliphatic carboxylic acids is 1. The van der Waals surface area contributed by atoms with Crippen molar-refractivity contribution < 1.29 is 43.8 Å². The number of phosphoric acid groups is 1. The topological polar surface area (TPSA) is 174 Å². The van der Waals surface area contributed by atoms with Crippen molar-refractivity contribution in [3.05, 3.63) is 30.3 Å². The number of hydrogen-bond donors (Lipinski definition) is 6. The van der Waals surface area contributed by atoms with Crippen LogP contribution in [-0.2, 0) is 18.7 Å². The smallest absolute Gasteiger partial charge is 0.469 e. The molecule has 0 saturated heterocycles. The Morgan fingerprint density at radius 1 is 1.17 bits per heavy atom. The number of carboxylic acids is 1. The minimum atomic E-state index is -4.90. The molecular weight excluding hydrogens is 333 g/mol. The van der Waals surface area contributed by atoms with E-state index in [1.54, 1.807) is 18.2 Å². The average molecular weight is 349 g/mol. The van der Waals surface area contributed by atoms with E-state index in [2.05, 4.69) is 9.84 Å². The highest BCUT2D eigenvalue weighted by molar-refractivity contribution is 7.46. The van der Waals surface area contributed by atoms with Crippen molar-refractivity contribution in [2.75, 3.05) is 11.9 Å². The number of phosphoric ester groups is 1. The van der Waals surface area contributed by atoms with Crippen LogP contribution in [0.3, 0.4) is 0 Å². The lowest BCUT2D eigenvalue weighted by Gasteiger charge is -2.21. The summed E-state index contributed by atoms with van der Waals surface area (Å²) in [5.41, 5.74) is 0.293. The van der Waals surface area contributed by atoms with Gasteiger partial charge in [-0.3, -0.25) is 9.32 Å². The van der Waals surface area contributed by atoms with Crippen LogP contribution in [0.15, 0.2) is 30.3 Å². The van der Waals surface area contributed by atoms with Crippen molar-refractivity contribution in [3.8, 4) is 0 Å². The standard InChI is InChI=1S/C12H16NO9P/c14-8(6-22-23(19,20)21)10(15)11(16)9(12(17)18)13-7-4-2-1-3-5-7/h1-5,8-10,13-15H,6H2,(H,17,18)(H2,19,20,21)/t8-,9?,10-/m1/s1. The van der Waals surface area contributed by atoms with Crippen LogP contribution in [-0.4, -0.2) is 61.7 Å². The van der Waals surface area contributed by atoms with Gasteiger partial charge in [-0.05, 0) is 12.1 Å². The number of carbonyl (C=O) groups is 2. The van der Waals surface area contributed by atoms with Gasteiger partial charge in [0, 0.05) is 5.69 Å². The largest absolute Gasteiger partial charge is 0.479 e. The van der Waals surface area contributed by atoms with Gasteiger partial charge in [0.25, 0.3) is 0 Å². The fraction of sp³-hybridized carbons (Fsp3) is 0.333. The van der Waals surface area contributed by atoms with E-state index < -0.39 is 44.4 Å². The zero-order valence-electron chi connectivity index (χ0n) is 11.6. The van der Waals surface area contributed by atoms with Crippen LogP contribution in [0.5, 0.6) is 0 Å². The molecule has 0 amide bonds. The molecule has 0 spiro atoms. The number of para-hydroxylation sites is 1. The Kier molecular flexibility index (Phi) is 6.82. The summed E-state index contributed by atoms with van der Waals surface area (Å²) in [5.74, 6) is -2.89. The molecular formula is C12H16NO9P. The van der Waals surface area contributed by atoms with Gasteiger partial charge in [0.1, 0.15) is 12.2 Å². The maximum Gasteiger partial charge on any atom is 0.469 e. The Hall–Kier alpha value is -1.81. The van der Waals surface area contributed by atoms with Gasteiger partial charge in [-0.1, -0.05) is 18.2 Å². The highest BCUT2D eigenvalue weighted by Crippen LogP contribution is 2.35. The Balaban J connectivity index is 2.76. The van der Waals surface area contributed by atoms with Crippen molar-refractivity contribution >= 4 is 25.3 Å². The third-order valence-corrected chi connectivity index (χ3v) is 3.17. The summed E-state index contributed by atoms with van der Waals surface area (Å²) in [6.07, 6.45) is -4.21. The second kappa shape index (κ2) is 8.16. The van der Waals surface area contributed by atoms with E-state index in [4.69, 9.17) is 14.9 Å². The molecule has 3 atom stereocenters. The van der Waals surface area contributed by atoms with Gasteiger partial charge in [0.15, 0.2) is 11.8 Å². The van der Waals surface area contributed by atoms with Crippen LogP contribution in [0.4, 0.5) is 5.69 Å². The summed E-state index contributed by atoms with van der Waals surface area (Å²) in [6.45, 7) is -1.05. The molecule has 0 fully saturated rings. The van der Waals surface area contributed by atoms with Gasteiger partial charge < -0.3 is 30.4 Å². The van der Waals surface area contributed by atoms with Crippen molar-refractivity contribution in [2.24, 2.45) is 0 Å². The molecule has 1 aromatic rings. The van der Waals surface area contributed by atoms with Gasteiger partial charge >= 0.3 is 13.8 Å². The zero-order valence-corrected chi connectivity index (χ0v) is 12.5. The zero-order chi connectivity index (χ0) is 17.6. The van der Waals surface area contributed by atoms with E-state index in [1.165, 1.54) is 12.1 Å². The number of rotatable bonds is 9. The molecule has 10 nitrogen and oxygen atoms in total. The van der Waals surface area contributed by atoms with E-state index in [0.717, 1.165) is 0 Å². The number of aliphatic hydroxyl groups is 2. The van der Waals surface area contributed by atoms with E-state index >= 15 is 0 Å². The van der Waals surface area contributed by atoms with Crippen molar-refractivity contribution in [2.45, 2.75) is 18.2 Å². The highest BCUT2D eigenvalue weighted by Gasteiger charge is 2.36. The van der Waals surface area contributed by atoms with Gasteiger partial charge in [0.2, 0.25) is 0 Å². The minimum Gasteiger partial charge on any atom is -0.479 e. The first-order valence-electron chi connectivity index (χ1n) is 6.26. The number of ketones is 1. The van der Waals surface area contributed by atoms with Gasteiger partial charge in [-0.25, -0.2) is 9.36 Å². The fourth-order valence-electron chi connectivity index (χ4n) is 1.58. The summed E-state index contributed by atoms with van der Waals surface area (Å²) >= 11 is 0. The Bertz CT molecular complexity index is 587. The maximum absolute atomic E-state index is 12.0. The van der Waals surface area contributed by atoms with E-state index in [-0.39, 0.29) is 0 Å². The first-order valence-corrected chi connectivity index (χ1v) is 7.79. The Labute approximate surface area is 130 Å². The molecule has 1 aromatic carbocycles. The Morgan fingerprint density at radius 3 is 2.22 bits per heavy atom. The normalized spacial score (nSPS) is 15.5. The molecule has 0 heterocycles. The summed E-state index contributed by atoms with van der Waals surface area (Å²) in [4.78, 5) is 40.1. The minimum absolute atomic E-state index is 0.293. The third kappa shape index (κ3) is 6.45. The molecule has 6 N–H and O–H groups in total. The fourth-order valence-corrected chi connectivity index (χ4v) is 1.93. The molecule has 0 aliphatic rings. The SMILES string of the molecule is O=C(O)C(Nc1ccccc1)C(=O)[C@H](O)[C@H](O)COP(=O)(O)O. The molecule has 23 heavy (non-hydrogen) atoms. The molecule has 1 unspecified atom stereocenters. The lowest BCUT2D eigenvalue weighted by Crippen LogP contribution is -2.48. The number of carboxylic acid groups (broad SMARTS) is 1. The Morgan fingerprint density at radius 2 is 1.74 bits per heavy atom. The number of benzene rings is 1. The van der Waals surface area contributed by atoms with Crippen LogP contribution in [0.25, 0.3) is 0 Å². The lowest BCUT2D eigenvalue weighted by atomic mass is 10.0. The summed E-state index contributed by atoms with van der Waals surface area (Å²) in [6, 6.07) is 5.96. The summed E-state index contributed by atoms with van der Waals surface area (Å²) in [5, 5.41) is 30.6. The molecule has 0 aromatic heterocycles. The predicted molar refractivity (Wildman–Crippen MR) is 76.5 cm³/mol. The predicted octanol–water partition coefficient (Wildman–Crippen LogP) is -1.05. The molecule has 1 rings (SSSR count). The lowest BCUT2D eigenvalue weighted by molar-refractivity contribution is -0.146. The van der Waals surface area contributed by atoms with Crippen molar-refractivity contribution in [1.82, 2.24) is 0 Å². The van der Waals surface area contributed by atoms with Crippen LogP contribution >= 0.6 is 7.82 Å². The molecule has 11 heteroatoms. The molecule has 0 radical (unpaired) electrons. The number of Topliss-reactive ketones (excluding diaryl/α,β-unsaturated/α-hetero) is 1. The van der Waals surface area contributed by atoms with E-state index in [1.807, 2.05) is 0 Å². The molecule has 0 saturated carbocycles. The van der Waals surface area contributed by atoms with Gasteiger partial charge in [-0.15, -0.1) is 0 Å². The summed E-state index contributed by atoms with van der Waals surface area (Å²) < 4.78 is 14.5. The quantitative estimate of drug-likeness (QED) is 0.238. The van der Waals surface area contributed by atoms with Crippen molar-refractivity contribution in [3.63, 3.8) is 0 Å². The number of aliphatic hydroxyl groups excluding tert-OH is 2. The van der Waals surface area contributed by atoms with Gasteiger partial charge in [-0.2, -0.15) is 0 Å². The van der Waals surface area contributed by atoms with E-state index in [0.29, 0.717) is 5.69 Å². The van der Waals surface area contributed by atoms with Crippen molar-refractivity contribution in [1.29, 1.82) is 0 Å². The number of hydrogen-bond acceptors (Lipinski definition) is 7. The highest BCUT2D eigenvalue weighted by atomic mass is 31.2. The average Bonchev–Trinajstić information content (AvgIpc) is 2.48. The molecule has 0 bridgehead atoms. The molecule has 128 valence electrons. The van der Waals surface area contributed by atoms with Crippen LogP contribution in [0, 0.1) is 0 Å². The van der Waals surface area contributed by atoms with Crippen LogP contribution in [0.1, 0.15) is 0 Å². The van der Waals surface area contributed by atoms with Crippen LogP contribution < -0.4 is 5.32 Å². The first kappa shape index (κ1) is 19.2. The first-order chi connectivity index (χ1) is 10.6. The number of carbonyl (C=O) groups excluding carboxylic acids is 1. The third-order valence-electron chi connectivity index (χ3n) is 2.69. The number of nitrogens with one attached hydrogen (secondary N) is 1. The maximum atomic E-state index is 12.0. The second-order valence-corrected chi connectivity index (χ2v) is 5.72. The molecule has 0 aliphatic carbocycles. The van der Waals surface area contributed by atoms with Crippen LogP contribution in [0.2, 0.25) is 0 Å². The monoisotopic (exact) mass is 349 g/mol.